The van der Waals surface area contributed by atoms with E-state index in [0.29, 0.717) is 43.1 Å². The third kappa shape index (κ3) is 4.39. The van der Waals surface area contributed by atoms with Crippen LogP contribution in [0.3, 0.4) is 0 Å². The van der Waals surface area contributed by atoms with Gasteiger partial charge in [-0.15, -0.1) is 10.2 Å². The molecule has 2 aliphatic heterocycles. The largest absolute Gasteiger partial charge is 0.480 e. The van der Waals surface area contributed by atoms with Crippen LogP contribution < -0.4 is 5.32 Å². The number of hydrogen-bond donors (Lipinski definition) is 3. The highest BCUT2D eigenvalue weighted by Crippen LogP contribution is 2.40. The van der Waals surface area contributed by atoms with Crippen LogP contribution in [0.25, 0.3) is 0 Å². The third-order valence-electron chi connectivity index (χ3n) is 8.36. The number of piperidine rings is 1. The molecule has 2 saturated heterocycles. The molecular formula is C22H34N6O4. The number of nitrogens with zero attached hydrogens (tertiary/aromatic N) is 5. The average molecular weight is 447 g/mol. The Kier molecular flexibility index (Phi) is 6.16. The monoisotopic (exact) mass is 446 g/mol. The Morgan fingerprint density at radius 3 is 2.56 bits per heavy atom. The Morgan fingerprint density at radius 1 is 1.00 bits per heavy atom. The van der Waals surface area contributed by atoms with Gasteiger partial charge in [0.05, 0.1) is 6.04 Å². The average Bonchev–Trinajstić information content (AvgIpc) is 3.52. The van der Waals surface area contributed by atoms with Crippen molar-refractivity contribution < 1.29 is 19.8 Å². The number of rotatable bonds is 6. The summed E-state index contributed by atoms with van der Waals surface area (Å²) in [5, 5.41) is 35.6. The van der Waals surface area contributed by atoms with Crippen LogP contribution in [0.2, 0.25) is 0 Å². The van der Waals surface area contributed by atoms with Gasteiger partial charge in [-0.3, -0.25) is 14.5 Å². The van der Waals surface area contributed by atoms with Gasteiger partial charge in [-0.1, -0.05) is 12.8 Å². The second kappa shape index (κ2) is 9.05. The first kappa shape index (κ1) is 21.8. The lowest BCUT2D eigenvalue weighted by atomic mass is 9.69. The van der Waals surface area contributed by atoms with Crippen molar-refractivity contribution in [3.05, 3.63) is 5.82 Å². The standard InChI is InChI=1S/C22H34N6O4/c29-21(30)18-8-16-7-13(5-6-15(16)10-23-18)11-27-12-17(9-19(27)22(31)32)28-25-20(24-26-28)14-3-1-2-4-14/h13-19,23H,1-12H2,(H,29,30)(H,31,32). The van der Waals surface area contributed by atoms with Gasteiger partial charge in [-0.05, 0) is 74.5 Å². The summed E-state index contributed by atoms with van der Waals surface area (Å²) in [4.78, 5) is 27.2. The third-order valence-corrected chi connectivity index (χ3v) is 8.36. The van der Waals surface area contributed by atoms with Crippen molar-refractivity contribution in [2.24, 2.45) is 17.8 Å². The molecule has 0 spiro atoms. The lowest BCUT2D eigenvalue weighted by molar-refractivity contribution is -0.143. The quantitative estimate of drug-likeness (QED) is 0.594. The van der Waals surface area contributed by atoms with E-state index in [0.717, 1.165) is 51.0 Å². The fourth-order valence-corrected chi connectivity index (χ4v) is 6.59. The number of nitrogens with one attached hydrogen (secondary N) is 1. The minimum absolute atomic E-state index is 0.0645. The fraction of sp³-hybridized carbons (Fsp3) is 0.864. The zero-order valence-electron chi connectivity index (χ0n) is 18.5. The molecule has 5 rings (SSSR count). The minimum atomic E-state index is -0.787. The molecule has 6 unspecified atom stereocenters. The first-order valence-corrected chi connectivity index (χ1v) is 12.2. The molecule has 2 saturated carbocycles. The normalized spacial score (nSPS) is 36.2. The summed E-state index contributed by atoms with van der Waals surface area (Å²) in [6.45, 7) is 2.15. The second-order valence-electron chi connectivity index (χ2n) is 10.4. The van der Waals surface area contributed by atoms with Gasteiger partial charge in [-0.25, -0.2) is 0 Å². The lowest BCUT2D eigenvalue weighted by Gasteiger charge is -2.42. The molecule has 10 nitrogen and oxygen atoms in total. The number of hydrogen-bond acceptors (Lipinski definition) is 7. The predicted molar refractivity (Wildman–Crippen MR) is 114 cm³/mol. The molecule has 2 aliphatic carbocycles. The summed E-state index contributed by atoms with van der Waals surface area (Å²) in [5.41, 5.74) is 0. The summed E-state index contributed by atoms with van der Waals surface area (Å²) >= 11 is 0. The van der Waals surface area contributed by atoms with Crippen molar-refractivity contribution in [1.29, 1.82) is 0 Å². The minimum Gasteiger partial charge on any atom is -0.480 e. The summed E-state index contributed by atoms with van der Waals surface area (Å²) in [7, 11) is 0. The van der Waals surface area contributed by atoms with Crippen LogP contribution in [0.5, 0.6) is 0 Å². The number of carbonyl (C=O) groups is 2. The predicted octanol–water partition coefficient (Wildman–Crippen LogP) is 1.51. The Hall–Kier alpha value is -2.07. The molecule has 3 heterocycles. The van der Waals surface area contributed by atoms with Crippen molar-refractivity contribution in [2.75, 3.05) is 19.6 Å². The van der Waals surface area contributed by atoms with E-state index in [1.807, 2.05) is 0 Å². The summed E-state index contributed by atoms with van der Waals surface area (Å²) in [6.07, 6.45) is 8.96. The Labute approximate surface area is 187 Å². The number of tetrazole rings is 1. The molecule has 0 amide bonds. The van der Waals surface area contributed by atoms with E-state index in [9.17, 15) is 19.8 Å². The van der Waals surface area contributed by atoms with Gasteiger partial charge in [0.25, 0.3) is 0 Å². The van der Waals surface area contributed by atoms with Crippen LogP contribution in [-0.4, -0.2) is 79.0 Å². The Bertz CT molecular complexity index is 840. The molecule has 6 atom stereocenters. The highest BCUT2D eigenvalue weighted by Gasteiger charge is 2.42. The van der Waals surface area contributed by atoms with Gasteiger partial charge < -0.3 is 15.5 Å². The van der Waals surface area contributed by atoms with E-state index < -0.39 is 24.0 Å². The van der Waals surface area contributed by atoms with E-state index in [1.54, 1.807) is 4.80 Å². The Balaban J connectivity index is 1.22. The molecule has 0 aromatic carbocycles. The van der Waals surface area contributed by atoms with Crippen LogP contribution in [0, 0.1) is 17.8 Å². The van der Waals surface area contributed by atoms with Gasteiger partial charge in [0.1, 0.15) is 12.1 Å². The molecular weight excluding hydrogens is 412 g/mol. The molecule has 1 aromatic rings. The molecule has 32 heavy (non-hydrogen) atoms. The van der Waals surface area contributed by atoms with E-state index in [-0.39, 0.29) is 6.04 Å². The molecule has 0 radical (unpaired) electrons. The van der Waals surface area contributed by atoms with E-state index in [2.05, 4.69) is 25.6 Å². The number of fused-ring (bicyclic) bond motifs is 1. The summed E-state index contributed by atoms with van der Waals surface area (Å²) in [5.74, 6) is 1.00. The van der Waals surface area contributed by atoms with Crippen molar-refractivity contribution in [3.63, 3.8) is 0 Å². The van der Waals surface area contributed by atoms with Gasteiger partial charge in [0, 0.05) is 19.0 Å². The van der Waals surface area contributed by atoms with Gasteiger partial charge in [-0.2, -0.15) is 4.80 Å². The highest BCUT2D eigenvalue weighted by atomic mass is 16.4. The maximum atomic E-state index is 12.0. The van der Waals surface area contributed by atoms with Crippen LogP contribution in [0.15, 0.2) is 0 Å². The fourth-order valence-electron chi connectivity index (χ4n) is 6.59. The summed E-state index contributed by atoms with van der Waals surface area (Å²) < 4.78 is 0. The van der Waals surface area contributed by atoms with Crippen molar-refractivity contribution in [3.8, 4) is 0 Å². The molecule has 3 N–H and O–H groups in total. The lowest BCUT2D eigenvalue weighted by Crippen LogP contribution is -2.50. The highest BCUT2D eigenvalue weighted by molar-refractivity contribution is 5.74. The van der Waals surface area contributed by atoms with E-state index >= 15 is 0 Å². The van der Waals surface area contributed by atoms with Crippen LogP contribution in [0.1, 0.15) is 75.6 Å². The molecule has 0 bridgehead atoms. The SMILES string of the molecule is O=C(O)C1CC2CC(CN3CC(n4nnc(C5CCCC5)n4)CC3C(=O)O)CCC2CN1. The van der Waals surface area contributed by atoms with Crippen LogP contribution in [-0.2, 0) is 9.59 Å². The smallest absolute Gasteiger partial charge is 0.321 e. The maximum Gasteiger partial charge on any atom is 0.321 e. The number of aromatic nitrogens is 4. The van der Waals surface area contributed by atoms with Crippen LogP contribution >= 0.6 is 0 Å². The van der Waals surface area contributed by atoms with Gasteiger partial charge in [0.15, 0.2) is 5.82 Å². The zero-order chi connectivity index (χ0) is 22.2. The van der Waals surface area contributed by atoms with Crippen LogP contribution in [0.4, 0.5) is 0 Å². The van der Waals surface area contributed by atoms with Crippen molar-refractivity contribution in [1.82, 2.24) is 30.4 Å². The topological polar surface area (TPSA) is 133 Å². The van der Waals surface area contributed by atoms with E-state index in [4.69, 9.17) is 0 Å². The molecule has 4 fully saturated rings. The second-order valence-corrected chi connectivity index (χ2v) is 10.4. The number of aliphatic carboxylic acids is 2. The molecule has 10 heteroatoms. The van der Waals surface area contributed by atoms with Crippen molar-refractivity contribution in [2.45, 2.75) is 81.8 Å². The molecule has 176 valence electrons. The Morgan fingerprint density at radius 2 is 1.81 bits per heavy atom. The first-order chi connectivity index (χ1) is 15.5. The molecule has 4 aliphatic rings. The van der Waals surface area contributed by atoms with Crippen molar-refractivity contribution >= 4 is 11.9 Å². The maximum absolute atomic E-state index is 12.0. The number of carboxylic acid groups (broad SMARTS) is 2. The summed E-state index contributed by atoms with van der Waals surface area (Å²) in [6, 6.07) is -1.05. The number of likely N-dealkylation sites (tertiary alicyclic amines) is 1. The van der Waals surface area contributed by atoms with Gasteiger partial charge in [0.2, 0.25) is 0 Å². The zero-order valence-corrected chi connectivity index (χ0v) is 18.5. The van der Waals surface area contributed by atoms with Gasteiger partial charge >= 0.3 is 11.9 Å². The molecule has 1 aromatic heterocycles. The van der Waals surface area contributed by atoms with E-state index in [1.165, 1.54) is 12.8 Å². The number of carboxylic acids is 2. The first-order valence-electron chi connectivity index (χ1n) is 12.2.